The average Bonchev–Trinajstić information content (AvgIpc) is 3.39. The van der Waals surface area contributed by atoms with Gasteiger partial charge in [0.1, 0.15) is 9.86 Å². The van der Waals surface area contributed by atoms with Gasteiger partial charge < -0.3 is 10.1 Å². The number of hydrogen-bond donors (Lipinski definition) is 1. The molecule has 3 aromatic heterocycles. The second-order valence-electron chi connectivity index (χ2n) is 7.64. The van der Waals surface area contributed by atoms with Crippen molar-refractivity contribution in [3.8, 4) is 0 Å². The Labute approximate surface area is 199 Å². The highest BCUT2D eigenvalue weighted by Gasteiger charge is 2.33. The maximum absolute atomic E-state index is 12.5. The number of thioether (sulfide) groups is 2. The fraction of sp³-hybridized carbons (Fsp3) is 0.524. The summed E-state index contributed by atoms with van der Waals surface area (Å²) >= 11 is 6.30. The molecule has 4 heterocycles. The van der Waals surface area contributed by atoms with Gasteiger partial charge in [0.05, 0.1) is 18.0 Å². The van der Waals surface area contributed by atoms with Crippen LogP contribution < -0.4 is 5.32 Å². The first kappa shape index (κ1) is 23.0. The number of rotatable bonds is 9. The molecule has 0 spiro atoms. The van der Waals surface area contributed by atoms with Gasteiger partial charge in [-0.2, -0.15) is 0 Å². The fourth-order valence-electron chi connectivity index (χ4n) is 3.30. The molecular weight excluding hydrogens is 469 g/mol. The van der Waals surface area contributed by atoms with Crippen molar-refractivity contribution in [2.75, 3.05) is 16.8 Å². The van der Waals surface area contributed by atoms with E-state index in [1.54, 1.807) is 29.3 Å². The van der Waals surface area contributed by atoms with Gasteiger partial charge >= 0.3 is 0 Å². The van der Waals surface area contributed by atoms with Gasteiger partial charge in [-0.3, -0.25) is 4.79 Å². The predicted octanol–water partition coefficient (Wildman–Crippen LogP) is 6.01. The van der Waals surface area contributed by atoms with E-state index in [1.165, 1.54) is 33.5 Å². The number of ether oxygens (including phenoxy) is 1. The molecule has 0 aliphatic carbocycles. The van der Waals surface area contributed by atoms with Crippen LogP contribution in [0.2, 0.25) is 0 Å². The molecule has 0 saturated heterocycles. The minimum absolute atomic E-state index is 0.0716. The molecule has 0 aromatic carbocycles. The highest BCUT2D eigenvalue weighted by Crippen LogP contribution is 2.43. The third-order valence-corrected chi connectivity index (χ3v) is 8.98. The molecule has 6 nitrogen and oxygen atoms in total. The molecule has 1 amide bonds. The molecule has 1 aliphatic heterocycles. The Bertz CT molecular complexity index is 1050. The molecule has 1 aliphatic rings. The Kier molecular flexibility index (Phi) is 7.53. The number of carbonyl (C=O) groups is 1. The van der Waals surface area contributed by atoms with Crippen LogP contribution in [0, 0.1) is 0 Å². The van der Waals surface area contributed by atoms with Crippen molar-refractivity contribution >= 4 is 67.5 Å². The van der Waals surface area contributed by atoms with Crippen molar-refractivity contribution in [1.29, 1.82) is 0 Å². The number of aromatic nitrogens is 3. The first-order valence-electron chi connectivity index (χ1n) is 10.4. The highest BCUT2D eigenvalue weighted by molar-refractivity contribution is 8.00. The lowest BCUT2D eigenvalue weighted by atomic mass is 9.90. The van der Waals surface area contributed by atoms with Crippen molar-refractivity contribution < 1.29 is 9.53 Å². The monoisotopic (exact) mass is 494 g/mol. The zero-order valence-electron chi connectivity index (χ0n) is 17.9. The van der Waals surface area contributed by atoms with Crippen LogP contribution in [0.4, 0.5) is 5.13 Å². The van der Waals surface area contributed by atoms with Crippen LogP contribution in [-0.2, 0) is 22.6 Å². The van der Waals surface area contributed by atoms with Gasteiger partial charge in [-0.15, -0.1) is 22.7 Å². The third kappa shape index (κ3) is 5.42. The Morgan fingerprint density at radius 2 is 2.19 bits per heavy atom. The van der Waals surface area contributed by atoms with Gasteiger partial charge in [-0.05, 0) is 25.3 Å². The van der Waals surface area contributed by atoms with E-state index in [4.69, 9.17) is 14.7 Å². The quantitative estimate of drug-likeness (QED) is 0.169. The first-order chi connectivity index (χ1) is 15.0. The number of carbonyl (C=O) groups excluding carboxylic acids is 1. The molecular formula is C21H26N4O2S4. The van der Waals surface area contributed by atoms with Crippen LogP contribution in [-0.4, -0.2) is 38.0 Å². The highest BCUT2D eigenvalue weighted by atomic mass is 32.2. The standard InChI is InChI=1S/C21H26N4O2S4/c1-4-6-8-28-20-24-17(30-12-15(26)23-19-22-7-9-29-19)16-13-10-21(3,5-2)27-11-14(13)31-18(16)25-20/h7,9H,4-6,8,10-12H2,1-3H3,(H,22,23,26)/t21-/m0/s1. The molecule has 0 saturated carbocycles. The molecule has 1 atom stereocenters. The van der Waals surface area contributed by atoms with Crippen molar-refractivity contribution in [3.63, 3.8) is 0 Å². The normalized spacial score (nSPS) is 18.3. The lowest BCUT2D eigenvalue weighted by Gasteiger charge is -2.33. The van der Waals surface area contributed by atoms with Gasteiger partial charge in [-0.25, -0.2) is 15.0 Å². The van der Waals surface area contributed by atoms with Gasteiger partial charge in [0.15, 0.2) is 10.3 Å². The minimum Gasteiger partial charge on any atom is -0.369 e. The fourth-order valence-corrected chi connectivity index (χ4v) is 6.91. The number of fused-ring (bicyclic) bond motifs is 3. The number of thiophene rings is 1. The van der Waals surface area contributed by atoms with E-state index < -0.39 is 0 Å². The van der Waals surface area contributed by atoms with Crippen molar-refractivity contribution in [1.82, 2.24) is 15.0 Å². The number of nitrogens with zero attached hydrogens (tertiary/aromatic N) is 3. The van der Waals surface area contributed by atoms with E-state index in [1.807, 2.05) is 5.38 Å². The zero-order chi connectivity index (χ0) is 21.8. The smallest absolute Gasteiger partial charge is 0.236 e. The SMILES string of the molecule is CCCCSc1nc(SCC(=O)Nc2nccs2)c2c3c(sc2n1)CO[C@@](C)(CC)C3. The molecule has 0 bridgehead atoms. The lowest BCUT2D eigenvalue weighted by Crippen LogP contribution is -2.33. The van der Waals surface area contributed by atoms with E-state index in [-0.39, 0.29) is 17.3 Å². The van der Waals surface area contributed by atoms with Crippen LogP contribution in [0.5, 0.6) is 0 Å². The van der Waals surface area contributed by atoms with E-state index in [9.17, 15) is 4.79 Å². The Hall–Kier alpha value is -1.20. The number of unbranched alkanes of at least 4 members (excludes halogenated alkanes) is 1. The van der Waals surface area contributed by atoms with E-state index in [0.29, 0.717) is 11.7 Å². The summed E-state index contributed by atoms with van der Waals surface area (Å²) in [6.07, 6.45) is 5.77. The number of anilines is 1. The topological polar surface area (TPSA) is 77.0 Å². The average molecular weight is 495 g/mol. The second kappa shape index (κ2) is 10.2. The lowest BCUT2D eigenvalue weighted by molar-refractivity contribution is -0.113. The molecule has 0 fully saturated rings. The molecule has 0 radical (unpaired) electrons. The minimum atomic E-state index is -0.167. The Morgan fingerprint density at radius 3 is 2.94 bits per heavy atom. The molecule has 0 unspecified atom stereocenters. The number of hydrogen-bond acceptors (Lipinski definition) is 9. The summed E-state index contributed by atoms with van der Waals surface area (Å²) in [6.45, 7) is 7.14. The summed E-state index contributed by atoms with van der Waals surface area (Å²) in [6, 6.07) is 0. The van der Waals surface area contributed by atoms with Crippen molar-refractivity contribution in [2.45, 2.75) is 68.8 Å². The van der Waals surface area contributed by atoms with E-state index in [0.717, 1.165) is 51.8 Å². The molecule has 3 aromatic rings. The van der Waals surface area contributed by atoms with E-state index in [2.05, 4.69) is 31.1 Å². The predicted molar refractivity (Wildman–Crippen MR) is 132 cm³/mol. The van der Waals surface area contributed by atoms with Crippen LogP contribution in [0.1, 0.15) is 50.5 Å². The molecule has 4 rings (SSSR count). The molecule has 31 heavy (non-hydrogen) atoms. The van der Waals surface area contributed by atoms with Crippen LogP contribution >= 0.6 is 46.2 Å². The molecule has 10 heteroatoms. The second-order valence-corrected chi connectivity index (χ2v) is 11.6. The summed E-state index contributed by atoms with van der Waals surface area (Å²) in [7, 11) is 0. The number of amides is 1. The largest absolute Gasteiger partial charge is 0.369 e. The zero-order valence-corrected chi connectivity index (χ0v) is 21.2. The molecule has 1 N–H and O–H groups in total. The maximum atomic E-state index is 12.5. The number of nitrogens with one attached hydrogen (secondary N) is 1. The third-order valence-electron chi connectivity index (χ3n) is 5.28. The van der Waals surface area contributed by atoms with Crippen LogP contribution in [0.15, 0.2) is 21.8 Å². The summed E-state index contributed by atoms with van der Waals surface area (Å²) in [5, 5.41) is 8.13. The summed E-state index contributed by atoms with van der Waals surface area (Å²) < 4.78 is 6.16. The van der Waals surface area contributed by atoms with Gasteiger partial charge in [0.2, 0.25) is 5.91 Å². The van der Waals surface area contributed by atoms with Crippen LogP contribution in [0.25, 0.3) is 10.2 Å². The molecule has 166 valence electrons. The summed E-state index contributed by atoms with van der Waals surface area (Å²) in [5.74, 6) is 1.22. The number of thiazole rings is 1. The van der Waals surface area contributed by atoms with Crippen LogP contribution in [0.3, 0.4) is 0 Å². The van der Waals surface area contributed by atoms with Gasteiger partial charge in [-0.1, -0.05) is 43.8 Å². The van der Waals surface area contributed by atoms with E-state index >= 15 is 0 Å². The summed E-state index contributed by atoms with van der Waals surface area (Å²) in [5.41, 5.74) is 1.13. The van der Waals surface area contributed by atoms with Gasteiger partial charge in [0.25, 0.3) is 0 Å². The van der Waals surface area contributed by atoms with Gasteiger partial charge in [0, 0.05) is 34.0 Å². The van der Waals surface area contributed by atoms with Crippen molar-refractivity contribution in [2.24, 2.45) is 0 Å². The summed E-state index contributed by atoms with van der Waals surface area (Å²) in [4.78, 5) is 28.6. The first-order valence-corrected chi connectivity index (χ1v) is 14.1. The maximum Gasteiger partial charge on any atom is 0.236 e. The Morgan fingerprint density at radius 1 is 1.32 bits per heavy atom. The Balaban J connectivity index is 1.63. The van der Waals surface area contributed by atoms with Crippen molar-refractivity contribution in [3.05, 3.63) is 22.0 Å².